The van der Waals surface area contributed by atoms with Crippen LogP contribution in [0.3, 0.4) is 0 Å². The van der Waals surface area contributed by atoms with Crippen molar-refractivity contribution in [1.82, 2.24) is 9.97 Å². The number of benzene rings is 1. The summed E-state index contributed by atoms with van der Waals surface area (Å²) in [4.78, 5) is 32.2. The van der Waals surface area contributed by atoms with E-state index in [1.165, 1.54) is 29.7 Å². The number of cyclic esters (lactones) is 1. The van der Waals surface area contributed by atoms with Crippen LogP contribution in [0, 0.1) is 11.7 Å². The number of anilines is 1. The van der Waals surface area contributed by atoms with Crippen molar-refractivity contribution in [2.75, 3.05) is 11.4 Å². The second-order valence-electron chi connectivity index (χ2n) is 5.52. The molecule has 124 valence electrons. The number of nitrogens with two attached hydrogens (primary N) is 1. The van der Waals surface area contributed by atoms with E-state index >= 15 is 0 Å². The standard InChI is InChI=1S/C16H15FN4O3/c1-9(15(18)22)14-7-21(16(23)24-14)11-2-3-12(13(17)4-11)10-5-19-8-20-6-10/h2-6,8-9,14H,7H2,1H3,(H2,18,22)/t9-,14?/m0/s1. The zero-order valence-corrected chi connectivity index (χ0v) is 12.8. The van der Waals surface area contributed by atoms with Gasteiger partial charge in [-0.2, -0.15) is 0 Å². The Bertz CT molecular complexity index is 784. The number of aromatic nitrogens is 2. The summed E-state index contributed by atoms with van der Waals surface area (Å²) >= 11 is 0. The Balaban J connectivity index is 1.85. The Kier molecular flexibility index (Phi) is 4.11. The highest BCUT2D eigenvalue weighted by Crippen LogP contribution is 2.29. The second kappa shape index (κ2) is 6.23. The van der Waals surface area contributed by atoms with Crippen molar-refractivity contribution < 1.29 is 18.7 Å². The maximum absolute atomic E-state index is 14.4. The zero-order valence-electron chi connectivity index (χ0n) is 12.8. The molecule has 2 N–H and O–H groups in total. The van der Waals surface area contributed by atoms with E-state index < -0.39 is 29.8 Å². The molecule has 1 aliphatic rings. The van der Waals surface area contributed by atoms with E-state index in [-0.39, 0.29) is 6.54 Å². The minimum atomic E-state index is -0.653. The first-order chi connectivity index (χ1) is 11.5. The van der Waals surface area contributed by atoms with Gasteiger partial charge in [0.1, 0.15) is 18.2 Å². The van der Waals surface area contributed by atoms with Gasteiger partial charge in [0, 0.05) is 23.5 Å². The Hall–Kier alpha value is -3.03. The van der Waals surface area contributed by atoms with E-state index in [1.807, 2.05) is 0 Å². The number of ether oxygens (including phenoxy) is 1. The smallest absolute Gasteiger partial charge is 0.414 e. The summed E-state index contributed by atoms with van der Waals surface area (Å²) in [6.45, 7) is 1.72. The molecule has 1 saturated heterocycles. The van der Waals surface area contributed by atoms with Crippen LogP contribution in [0.5, 0.6) is 0 Å². The van der Waals surface area contributed by atoms with Gasteiger partial charge in [-0.1, -0.05) is 0 Å². The largest absolute Gasteiger partial charge is 0.443 e. The number of halogens is 1. The molecule has 0 saturated carbocycles. The van der Waals surface area contributed by atoms with Crippen LogP contribution in [0.25, 0.3) is 11.1 Å². The van der Waals surface area contributed by atoms with E-state index in [0.29, 0.717) is 16.8 Å². The van der Waals surface area contributed by atoms with Crippen LogP contribution in [-0.4, -0.2) is 34.6 Å². The van der Waals surface area contributed by atoms with E-state index in [2.05, 4.69) is 9.97 Å². The number of primary amides is 1. The highest BCUT2D eigenvalue weighted by Gasteiger charge is 2.37. The van der Waals surface area contributed by atoms with Crippen molar-refractivity contribution in [2.45, 2.75) is 13.0 Å². The first kappa shape index (κ1) is 15.9. The van der Waals surface area contributed by atoms with Gasteiger partial charge in [0.05, 0.1) is 18.2 Å². The molecule has 0 aliphatic carbocycles. The normalized spacial score (nSPS) is 18.3. The number of rotatable bonds is 4. The van der Waals surface area contributed by atoms with E-state index in [4.69, 9.17) is 10.5 Å². The summed E-state index contributed by atoms with van der Waals surface area (Å²) in [5.41, 5.74) is 6.44. The van der Waals surface area contributed by atoms with E-state index in [1.54, 1.807) is 19.1 Å². The lowest BCUT2D eigenvalue weighted by Crippen LogP contribution is -2.34. The number of amides is 2. The Morgan fingerprint density at radius 1 is 1.42 bits per heavy atom. The third-order valence-electron chi connectivity index (χ3n) is 3.98. The predicted octanol–water partition coefficient (Wildman–Crippen LogP) is 1.73. The van der Waals surface area contributed by atoms with Gasteiger partial charge in [-0.05, 0) is 25.1 Å². The molecule has 2 aromatic rings. The van der Waals surface area contributed by atoms with Gasteiger partial charge in [0.25, 0.3) is 0 Å². The lowest BCUT2D eigenvalue weighted by Gasteiger charge is -2.15. The molecule has 0 radical (unpaired) electrons. The zero-order chi connectivity index (χ0) is 17.3. The second-order valence-corrected chi connectivity index (χ2v) is 5.52. The minimum absolute atomic E-state index is 0.135. The Morgan fingerprint density at radius 2 is 2.12 bits per heavy atom. The van der Waals surface area contributed by atoms with Crippen molar-refractivity contribution in [3.8, 4) is 11.1 Å². The van der Waals surface area contributed by atoms with E-state index in [0.717, 1.165) is 0 Å². The number of hydrogen-bond donors (Lipinski definition) is 1. The number of carbonyl (C=O) groups excluding carboxylic acids is 2. The highest BCUT2D eigenvalue weighted by atomic mass is 19.1. The van der Waals surface area contributed by atoms with Gasteiger partial charge in [0.2, 0.25) is 5.91 Å². The van der Waals surface area contributed by atoms with Crippen molar-refractivity contribution in [3.63, 3.8) is 0 Å². The molecule has 0 bridgehead atoms. The maximum atomic E-state index is 14.4. The Morgan fingerprint density at radius 3 is 2.75 bits per heavy atom. The summed E-state index contributed by atoms with van der Waals surface area (Å²) in [5, 5.41) is 0. The first-order valence-corrected chi connectivity index (χ1v) is 7.29. The number of nitrogens with zero attached hydrogens (tertiary/aromatic N) is 3. The molecule has 2 atom stereocenters. The lowest BCUT2D eigenvalue weighted by atomic mass is 10.0. The van der Waals surface area contributed by atoms with Crippen LogP contribution >= 0.6 is 0 Å². The summed E-state index contributed by atoms with van der Waals surface area (Å²) in [7, 11) is 0. The molecule has 3 rings (SSSR count). The fourth-order valence-corrected chi connectivity index (χ4v) is 2.48. The van der Waals surface area contributed by atoms with Crippen LogP contribution in [-0.2, 0) is 9.53 Å². The van der Waals surface area contributed by atoms with Gasteiger partial charge in [0.15, 0.2) is 0 Å². The highest BCUT2D eigenvalue weighted by molar-refractivity contribution is 5.91. The van der Waals surface area contributed by atoms with Crippen LogP contribution in [0.15, 0.2) is 36.9 Å². The summed E-state index contributed by atoms with van der Waals surface area (Å²) in [6, 6.07) is 4.38. The number of carbonyl (C=O) groups is 2. The average molecular weight is 330 g/mol. The van der Waals surface area contributed by atoms with Crippen LogP contribution in [0.1, 0.15) is 6.92 Å². The molecule has 1 aromatic heterocycles. The monoisotopic (exact) mass is 330 g/mol. The molecule has 2 amide bonds. The molecular weight excluding hydrogens is 315 g/mol. The Labute approximate surface area is 137 Å². The number of hydrogen-bond acceptors (Lipinski definition) is 5. The maximum Gasteiger partial charge on any atom is 0.414 e. The van der Waals surface area contributed by atoms with Crippen molar-refractivity contribution in [1.29, 1.82) is 0 Å². The quantitative estimate of drug-likeness (QED) is 0.920. The van der Waals surface area contributed by atoms with Gasteiger partial charge < -0.3 is 10.5 Å². The van der Waals surface area contributed by atoms with Crippen molar-refractivity contribution in [2.24, 2.45) is 11.7 Å². The molecule has 24 heavy (non-hydrogen) atoms. The van der Waals surface area contributed by atoms with Crippen LogP contribution in [0.4, 0.5) is 14.9 Å². The topological polar surface area (TPSA) is 98.4 Å². The molecule has 7 nitrogen and oxygen atoms in total. The van der Waals surface area contributed by atoms with Gasteiger partial charge in [-0.25, -0.2) is 19.2 Å². The fraction of sp³-hybridized carbons (Fsp3) is 0.250. The minimum Gasteiger partial charge on any atom is -0.443 e. The third kappa shape index (κ3) is 2.90. The third-order valence-corrected chi connectivity index (χ3v) is 3.98. The lowest BCUT2D eigenvalue weighted by molar-refractivity contribution is -0.123. The molecular formula is C16H15FN4O3. The first-order valence-electron chi connectivity index (χ1n) is 7.29. The molecule has 2 heterocycles. The van der Waals surface area contributed by atoms with Gasteiger partial charge >= 0.3 is 6.09 Å². The summed E-state index contributed by atoms with van der Waals surface area (Å²) in [5.74, 6) is -1.69. The SMILES string of the molecule is C[C@H](C(N)=O)C1CN(c2ccc(-c3cncnc3)c(F)c2)C(=O)O1. The fourth-order valence-electron chi connectivity index (χ4n) is 2.48. The van der Waals surface area contributed by atoms with E-state index in [9.17, 15) is 14.0 Å². The van der Waals surface area contributed by atoms with Gasteiger partial charge in [-0.3, -0.25) is 9.69 Å². The van der Waals surface area contributed by atoms with Gasteiger partial charge in [-0.15, -0.1) is 0 Å². The molecule has 8 heteroatoms. The van der Waals surface area contributed by atoms with Crippen LogP contribution in [0.2, 0.25) is 0 Å². The summed E-state index contributed by atoms with van der Waals surface area (Å²) < 4.78 is 19.5. The summed E-state index contributed by atoms with van der Waals surface area (Å²) in [6.07, 6.45) is 3.07. The molecule has 1 aromatic carbocycles. The molecule has 0 spiro atoms. The molecule has 1 unspecified atom stereocenters. The molecule has 1 aliphatic heterocycles. The predicted molar refractivity (Wildman–Crippen MR) is 83.4 cm³/mol. The average Bonchev–Trinajstić information content (AvgIpc) is 2.96. The van der Waals surface area contributed by atoms with Crippen molar-refractivity contribution >= 4 is 17.7 Å². The molecule has 1 fully saturated rings. The van der Waals surface area contributed by atoms with Crippen LogP contribution < -0.4 is 10.6 Å². The van der Waals surface area contributed by atoms with Crippen molar-refractivity contribution in [3.05, 3.63) is 42.7 Å².